The normalized spacial score (nSPS) is 25.1. The van der Waals surface area contributed by atoms with Gasteiger partial charge in [-0.2, -0.15) is 0 Å². The summed E-state index contributed by atoms with van der Waals surface area (Å²) in [6, 6.07) is 9.27. The van der Waals surface area contributed by atoms with Gasteiger partial charge >= 0.3 is 0 Å². The first-order valence-corrected chi connectivity index (χ1v) is 9.06. The van der Waals surface area contributed by atoms with Gasteiger partial charge in [-0.3, -0.25) is 9.80 Å². The Balaban J connectivity index is 1.40. The minimum atomic E-state index is -0.272. The molecule has 0 bridgehead atoms. The SMILES string of the molecule is OC1CN(Cc2ccc3[nH]ccc3c2)CCN(C2CCOCC2)C1. The van der Waals surface area contributed by atoms with E-state index in [0.717, 1.165) is 58.8 Å². The molecule has 1 atom stereocenters. The Morgan fingerprint density at radius 1 is 1.12 bits per heavy atom. The number of benzene rings is 1. The summed E-state index contributed by atoms with van der Waals surface area (Å²) in [7, 11) is 0. The molecule has 0 aliphatic carbocycles. The zero-order chi connectivity index (χ0) is 16.4. The van der Waals surface area contributed by atoms with Gasteiger partial charge in [-0.1, -0.05) is 6.07 Å². The van der Waals surface area contributed by atoms with Gasteiger partial charge in [0, 0.05) is 63.7 Å². The number of hydrogen-bond acceptors (Lipinski definition) is 4. The maximum Gasteiger partial charge on any atom is 0.0794 e. The second-order valence-corrected chi connectivity index (χ2v) is 7.13. The second kappa shape index (κ2) is 7.23. The first-order chi connectivity index (χ1) is 11.8. The highest BCUT2D eigenvalue weighted by Crippen LogP contribution is 2.19. The second-order valence-electron chi connectivity index (χ2n) is 7.13. The van der Waals surface area contributed by atoms with Gasteiger partial charge in [-0.05, 0) is 42.0 Å². The molecule has 1 aromatic carbocycles. The highest BCUT2D eigenvalue weighted by Gasteiger charge is 2.27. The third-order valence-corrected chi connectivity index (χ3v) is 5.35. The van der Waals surface area contributed by atoms with Crippen LogP contribution in [-0.4, -0.2) is 71.4 Å². The van der Waals surface area contributed by atoms with Gasteiger partial charge in [0.2, 0.25) is 0 Å². The van der Waals surface area contributed by atoms with E-state index in [2.05, 4.69) is 39.0 Å². The summed E-state index contributed by atoms with van der Waals surface area (Å²) < 4.78 is 5.48. The minimum absolute atomic E-state index is 0.272. The average Bonchev–Trinajstić information content (AvgIpc) is 2.98. The van der Waals surface area contributed by atoms with Crippen LogP contribution in [0.15, 0.2) is 30.5 Å². The Hall–Kier alpha value is -1.40. The number of β-amino-alcohol motifs (C(OH)–C–C–N with tert-alkyl or cyclic N) is 1. The molecule has 5 nitrogen and oxygen atoms in total. The van der Waals surface area contributed by atoms with Crippen LogP contribution >= 0.6 is 0 Å². The van der Waals surface area contributed by atoms with Gasteiger partial charge in [0.15, 0.2) is 0 Å². The van der Waals surface area contributed by atoms with Crippen LogP contribution in [0.2, 0.25) is 0 Å². The molecule has 0 spiro atoms. The number of nitrogens with one attached hydrogen (secondary N) is 1. The Morgan fingerprint density at radius 3 is 2.88 bits per heavy atom. The number of aromatic amines is 1. The van der Waals surface area contributed by atoms with Crippen molar-refractivity contribution in [2.45, 2.75) is 31.5 Å². The van der Waals surface area contributed by atoms with Crippen LogP contribution < -0.4 is 0 Å². The molecule has 2 aliphatic heterocycles. The van der Waals surface area contributed by atoms with Crippen LogP contribution in [0, 0.1) is 0 Å². The van der Waals surface area contributed by atoms with Gasteiger partial charge in [0.05, 0.1) is 6.10 Å². The molecule has 2 aliphatic rings. The van der Waals surface area contributed by atoms with Crippen molar-refractivity contribution in [2.24, 2.45) is 0 Å². The smallest absolute Gasteiger partial charge is 0.0794 e. The number of aliphatic hydroxyl groups is 1. The maximum absolute atomic E-state index is 10.5. The fourth-order valence-electron chi connectivity index (χ4n) is 4.06. The lowest BCUT2D eigenvalue weighted by Crippen LogP contribution is -2.43. The molecule has 2 saturated heterocycles. The predicted octanol–water partition coefficient (Wildman–Crippen LogP) is 1.83. The molecule has 0 radical (unpaired) electrons. The van der Waals surface area contributed by atoms with Crippen molar-refractivity contribution < 1.29 is 9.84 Å². The molecule has 4 rings (SSSR count). The summed E-state index contributed by atoms with van der Waals surface area (Å²) in [5.41, 5.74) is 2.49. The number of rotatable bonds is 3. The summed E-state index contributed by atoms with van der Waals surface area (Å²) in [4.78, 5) is 8.10. The predicted molar refractivity (Wildman–Crippen MR) is 95.0 cm³/mol. The summed E-state index contributed by atoms with van der Waals surface area (Å²) in [5.74, 6) is 0. The van der Waals surface area contributed by atoms with E-state index in [-0.39, 0.29) is 6.10 Å². The topological polar surface area (TPSA) is 51.7 Å². The Bertz CT molecular complexity index is 665. The lowest BCUT2D eigenvalue weighted by Gasteiger charge is -2.33. The van der Waals surface area contributed by atoms with E-state index >= 15 is 0 Å². The van der Waals surface area contributed by atoms with Crippen molar-refractivity contribution in [3.63, 3.8) is 0 Å². The summed E-state index contributed by atoms with van der Waals surface area (Å²) in [5, 5.41) is 11.7. The fourth-order valence-corrected chi connectivity index (χ4v) is 4.06. The zero-order valence-electron chi connectivity index (χ0n) is 14.2. The van der Waals surface area contributed by atoms with Crippen molar-refractivity contribution in [3.05, 3.63) is 36.0 Å². The third kappa shape index (κ3) is 3.64. The van der Waals surface area contributed by atoms with Crippen LogP contribution in [0.5, 0.6) is 0 Å². The zero-order valence-corrected chi connectivity index (χ0v) is 14.2. The van der Waals surface area contributed by atoms with E-state index < -0.39 is 0 Å². The molecule has 130 valence electrons. The highest BCUT2D eigenvalue weighted by atomic mass is 16.5. The molecule has 1 aromatic heterocycles. The molecule has 3 heterocycles. The molecule has 5 heteroatoms. The first kappa shape index (κ1) is 16.1. The first-order valence-electron chi connectivity index (χ1n) is 9.06. The van der Waals surface area contributed by atoms with Crippen LogP contribution in [0.1, 0.15) is 18.4 Å². The van der Waals surface area contributed by atoms with E-state index in [4.69, 9.17) is 4.74 Å². The fraction of sp³-hybridized carbons (Fsp3) is 0.579. The van der Waals surface area contributed by atoms with E-state index in [1.54, 1.807) is 0 Å². The average molecular weight is 329 g/mol. The molecule has 2 fully saturated rings. The molecular weight excluding hydrogens is 302 g/mol. The van der Waals surface area contributed by atoms with Gasteiger partial charge in [-0.25, -0.2) is 0 Å². The number of H-pyrrole nitrogens is 1. The minimum Gasteiger partial charge on any atom is -0.390 e. The molecule has 24 heavy (non-hydrogen) atoms. The molecule has 0 amide bonds. The van der Waals surface area contributed by atoms with Crippen LogP contribution in [0.25, 0.3) is 10.9 Å². The van der Waals surface area contributed by atoms with Gasteiger partial charge in [0.1, 0.15) is 0 Å². The quantitative estimate of drug-likeness (QED) is 0.902. The third-order valence-electron chi connectivity index (χ3n) is 5.35. The van der Waals surface area contributed by atoms with Crippen LogP contribution in [0.4, 0.5) is 0 Å². The monoisotopic (exact) mass is 329 g/mol. The molecular formula is C19H27N3O2. The Kier molecular flexibility index (Phi) is 4.85. The molecule has 2 N–H and O–H groups in total. The van der Waals surface area contributed by atoms with Crippen molar-refractivity contribution in [3.8, 4) is 0 Å². The van der Waals surface area contributed by atoms with Crippen LogP contribution in [0.3, 0.4) is 0 Å². The van der Waals surface area contributed by atoms with Gasteiger partial charge in [0.25, 0.3) is 0 Å². The summed E-state index contributed by atoms with van der Waals surface area (Å²) >= 11 is 0. The lowest BCUT2D eigenvalue weighted by molar-refractivity contribution is 0.0217. The Morgan fingerprint density at radius 2 is 2.00 bits per heavy atom. The maximum atomic E-state index is 10.5. The van der Waals surface area contributed by atoms with Crippen molar-refractivity contribution >= 4 is 10.9 Å². The molecule has 0 saturated carbocycles. The largest absolute Gasteiger partial charge is 0.390 e. The van der Waals surface area contributed by atoms with E-state index in [9.17, 15) is 5.11 Å². The molecule has 1 unspecified atom stereocenters. The van der Waals surface area contributed by atoms with Crippen molar-refractivity contribution in [1.82, 2.24) is 14.8 Å². The Labute approximate surface area is 143 Å². The van der Waals surface area contributed by atoms with Crippen molar-refractivity contribution in [1.29, 1.82) is 0 Å². The molecule has 2 aromatic rings. The highest BCUT2D eigenvalue weighted by molar-refractivity contribution is 5.79. The number of hydrogen-bond donors (Lipinski definition) is 2. The number of aromatic nitrogens is 1. The van der Waals surface area contributed by atoms with Crippen molar-refractivity contribution in [2.75, 3.05) is 39.4 Å². The summed E-state index contributed by atoms with van der Waals surface area (Å²) in [6.45, 7) is 6.21. The lowest BCUT2D eigenvalue weighted by atomic mass is 10.1. The van der Waals surface area contributed by atoms with E-state index in [1.165, 1.54) is 16.5 Å². The van der Waals surface area contributed by atoms with Gasteiger partial charge < -0.3 is 14.8 Å². The number of ether oxygens (including phenoxy) is 1. The number of nitrogens with zero attached hydrogens (tertiary/aromatic N) is 2. The van der Waals surface area contributed by atoms with E-state index in [0.29, 0.717) is 6.04 Å². The summed E-state index contributed by atoms with van der Waals surface area (Å²) in [6.07, 6.45) is 3.90. The number of aliphatic hydroxyl groups excluding tert-OH is 1. The van der Waals surface area contributed by atoms with Gasteiger partial charge in [-0.15, -0.1) is 0 Å². The standard InChI is InChI=1S/C19H27N3O2/c23-18-13-21(7-8-22(14-18)17-4-9-24-10-5-17)12-15-1-2-19-16(11-15)3-6-20-19/h1-3,6,11,17-18,20,23H,4-5,7-10,12-14H2. The van der Waals surface area contributed by atoms with E-state index in [1.807, 2.05) is 6.20 Å². The van der Waals surface area contributed by atoms with Crippen LogP contribution in [-0.2, 0) is 11.3 Å². The number of fused-ring (bicyclic) bond motifs is 1.